The van der Waals surface area contributed by atoms with Crippen molar-refractivity contribution < 1.29 is 8.42 Å². The van der Waals surface area contributed by atoms with E-state index in [2.05, 4.69) is 9.71 Å². The third-order valence-corrected chi connectivity index (χ3v) is 4.42. The molecule has 1 aromatic carbocycles. The van der Waals surface area contributed by atoms with E-state index in [-0.39, 0.29) is 16.5 Å². The summed E-state index contributed by atoms with van der Waals surface area (Å²) in [4.78, 5) is 14.0. The lowest BCUT2D eigenvalue weighted by Crippen LogP contribution is -2.25. The highest BCUT2D eigenvalue weighted by molar-refractivity contribution is 7.89. The summed E-state index contributed by atoms with van der Waals surface area (Å²) in [6, 6.07) is 7.76. The minimum Gasteiger partial charge on any atom is -0.322 e. The zero-order valence-electron chi connectivity index (χ0n) is 9.51. The number of fused-ring (bicyclic) bond motifs is 1. The molecule has 5 nitrogen and oxygen atoms in total. The summed E-state index contributed by atoms with van der Waals surface area (Å²) < 4.78 is 26.6. The third-order valence-electron chi connectivity index (χ3n) is 2.90. The number of pyridine rings is 1. The zero-order chi connectivity index (χ0) is 12.8. The van der Waals surface area contributed by atoms with Crippen LogP contribution < -0.4 is 10.3 Å². The molecule has 0 spiro atoms. The quantitative estimate of drug-likeness (QED) is 0.867. The third kappa shape index (κ3) is 2.16. The topological polar surface area (TPSA) is 79.0 Å². The average molecular weight is 264 g/mol. The van der Waals surface area contributed by atoms with Crippen molar-refractivity contribution in [3.8, 4) is 0 Å². The van der Waals surface area contributed by atoms with Crippen molar-refractivity contribution in [2.45, 2.75) is 23.8 Å². The van der Waals surface area contributed by atoms with Crippen LogP contribution in [0.5, 0.6) is 0 Å². The van der Waals surface area contributed by atoms with Crippen molar-refractivity contribution in [2.75, 3.05) is 0 Å². The van der Waals surface area contributed by atoms with Crippen LogP contribution in [0.2, 0.25) is 0 Å². The fraction of sp³-hybridized carbons (Fsp3) is 0.250. The number of sulfonamides is 1. The van der Waals surface area contributed by atoms with Crippen molar-refractivity contribution in [2.24, 2.45) is 0 Å². The first kappa shape index (κ1) is 11.4. The summed E-state index contributed by atoms with van der Waals surface area (Å²) in [7, 11) is -3.44. The Morgan fingerprint density at radius 2 is 1.94 bits per heavy atom. The number of aromatic amines is 1. The fourth-order valence-corrected chi connectivity index (χ4v) is 3.13. The van der Waals surface area contributed by atoms with Crippen molar-refractivity contribution >= 4 is 20.9 Å². The molecule has 0 aliphatic heterocycles. The first-order valence-electron chi connectivity index (χ1n) is 5.70. The van der Waals surface area contributed by atoms with Crippen molar-refractivity contribution in [3.05, 3.63) is 40.7 Å². The van der Waals surface area contributed by atoms with Gasteiger partial charge in [0.25, 0.3) is 0 Å². The van der Waals surface area contributed by atoms with Crippen LogP contribution in [0.15, 0.2) is 40.0 Å². The Balaban J connectivity index is 2.07. The summed E-state index contributed by atoms with van der Waals surface area (Å²) in [6.07, 6.45) is 1.81. The Bertz CT molecular complexity index is 760. The van der Waals surface area contributed by atoms with Gasteiger partial charge in [0.1, 0.15) is 0 Å². The van der Waals surface area contributed by atoms with E-state index in [9.17, 15) is 13.2 Å². The van der Waals surface area contributed by atoms with Crippen LogP contribution in [-0.4, -0.2) is 19.4 Å². The summed E-state index contributed by atoms with van der Waals surface area (Å²) in [5.74, 6) is 0. The fourth-order valence-electron chi connectivity index (χ4n) is 1.79. The van der Waals surface area contributed by atoms with E-state index in [1.54, 1.807) is 18.2 Å². The number of benzene rings is 1. The van der Waals surface area contributed by atoms with E-state index in [0.717, 1.165) is 12.8 Å². The Morgan fingerprint density at radius 1 is 1.17 bits per heavy atom. The molecule has 0 amide bonds. The van der Waals surface area contributed by atoms with Crippen molar-refractivity contribution in [1.82, 2.24) is 9.71 Å². The molecule has 0 radical (unpaired) electrons. The number of aromatic nitrogens is 1. The van der Waals surface area contributed by atoms with Gasteiger partial charge in [0, 0.05) is 17.6 Å². The van der Waals surface area contributed by atoms with Gasteiger partial charge < -0.3 is 4.98 Å². The summed E-state index contributed by atoms with van der Waals surface area (Å²) >= 11 is 0. The molecular formula is C12H12N2O3S. The van der Waals surface area contributed by atoms with Gasteiger partial charge in [-0.15, -0.1) is 0 Å². The number of nitrogens with one attached hydrogen (secondary N) is 2. The van der Waals surface area contributed by atoms with Crippen LogP contribution in [0, 0.1) is 0 Å². The molecule has 1 fully saturated rings. The average Bonchev–Trinajstić information content (AvgIpc) is 3.11. The number of hydrogen-bond donors (Lipinski definition) is 2. The largest absolute Gasteiger partial charge is 0.322 e. The highest BCUT2D eigenvalue weighted by atomic mass is 32.2. The first-order chi connectivity index (χ1) is 8.54. The van der Waals surface area contributed by atoms with Gasteiger partial charge in [0.2, 0.25) is 15.6 Å². The molecule has 1 aromatic heterocycles. The Kier molecular flexibility index (Phi) is 2.49. The zero-order valence-corrected chi connectivity index (χ0v) is 10.3. The van der Waals surface area contributed by atoms with Crippen LogP contribution in [0.25, 0.3) is 10.9 Å². The molecule has 0 atom stereocenters. The lowest BCUT2D eigenvalue weighted by Gasteiger charge is -2.06. The number of H-pyrrole nitrogens is 1. The van der Waals surface area contributed by atoms with Gasteiger partial charge in [-0.3, -0.25) is 4.79 Å². The van der Waals surface area contributed by atoms with E-state index >= 15 is 0 Å². The molecule has 1 aliphatic carbocycles. The van der Waals surface area contributed by atoms with Crippen molar-refractivity contribution in [1.29, 1.82) is 0 Å². The van der Waals surface area contributed by atoms with Gasteiger partial charge >= 0.3 is 0 Å². The van der Waals surface area contributed by atoms with E-state index in [1.807, 2.05) is 0 Å². The predicted molar refractivity (Wildman–Crippen MR) is 67.9 cm³/mol. The summed E-state index contributed by atoms with van der Waals surface area (Å²) in [6.45, 7) is 0. The molecule has 94 valence electrons. The first-order valence-corrected chi connectivity index (χ1v) is 7.18. The number of rotatable bonds is 3. The normalized spacial score (nSPS) is 16.0. The molecule has 0 unspecified atom stereocenters. The van der Waals surface area contributed by atoms with E-state index in [4.69, 9.17) is 0 Å². The molecule has 3 rings (SSSR count). The van der Waals surface area contributed by atoms with Gasteiger partial charge in [-0.25, -0.2) is 13.1 Å². The second-order valence-electron chi connectivity index (χ2n) is 4.47. The maximum atomic E-state index is 12.0. The highest BCUT2D eigenvalue weighted by Gasteiger charge is 2.27. The van der Waals surface area contributed by atoms with Gasteiger partial charge in [0.15, 0.2) is 0 Å². The standard InChI is InChI=1S/C12H12N2O3S/c15-12-6-1-8-7-10(4-5-11(8)13-12)18(16,17)14-9-2-3-9/h1,4-7,9,14H,2-3H2,(H,13,15). The molecule has 2 N–H and O–H groups in total. The Hall–Kier alpha value is -1.66. The van der Waals surface area contributed by atoms with Gasteiger partial charge in [-0.2, -0.15) is 0 Å². The maximum absolute atomic E-state index is 12.0. The van der Waals surface area contributed by atoms with Crippen LogP contribution in [-0.2, 0) is 10.0 Å². The monoisotopic (exact) mass is 264 g/mol. The SMILES string of the molecule is O=c1ccc2cc(S(=O)(=O)NC3CC3)ccc2[nH]1. The molecule has 1 saturated carbocycles. The second-order valence-corrected chi connectivity index (χ2v) is 6.18. The highest BCUT2D eigenvalue weighted by Crippen LogP contribution is 2.23. The predicted octanol–water partition coefficient (Wildman–Crippen LogP) is 0.969. The minimum absolute atomic E-state index is 0.0845. The maximum Gasteiger partial charge on any atom is 0.248 e. The van der Waals surface area contributed by atoms with Gasteiger partial charge in [0.05, 0.1) is 4.90 Å². The summed E-state index contributed by atoms with van der Waals surface area (Å²) in [5.41, 5.74) is 0.432. The Morgan fingerprint density at radius 3 is 2.67 bits per heavy atom. The van der Waals surface area contributed by atoms with Crippen LogP contribution >= 0.6 is 0 Å². The van der Waals surface area contributed by atoms with Gasteiger partial charge in [-0.1, -0.05) is 0 Å². The molecular weight excluding hydrogens is 252 g/mol. The molecule has 6 heteroatoms. The van der Waals surface area contributed by atoms with Crippen LogP contribution in [0.3, 0.4) is 0 Å². The molecule has 2 aromatic rings. The van der Waals surface area contributed by atoms with Crippen molar-refractivity contribution in [3.63, 3.8) is 0 Å². The van der Waals surface area contributed by atoms with E-state index < -0.39 is 10.0 Å². The van der Waals surface area contributed by atoms with Crippen LogP contribution in [0.1, 0.15) is 12.8 Å². The van der Waals surface area contributed by atoms with E-state index in [0.29, 0.717) is 10.9 Å². The Labute approximate surface area is 104 Å². The van der Waals surface area contributed by atoms with E-state index in [1.165, 1.54) is 12.1 Å². The molecule has 1 aliphatic rings. The minimum atomic E-state index is -3.44. The smallest absolute Gasteiger partial charge is 0.248 e. The molecule has 1 heterocycles. The molecule has 0 saturated heterocycles. The van der Waals surface area contributed by atoms with Crippen LogP contribution in [0.4, 0.5) is 0 Å². The molecule has 18 heavy (non-hydrogen) atoms. The molecule has 0 bridgehead atoms. The summed E-state index contributed by atoms with van der Waals surface area (Å²) in [5, 5.41) is 0.702. The lowest BCUT2D eigenvalue weighted by molar-refractivity contribution is 0.581. The number of hydrogen-bond acceptors (Lipinski definition) is 3. The lowest BCUT2D eigenvalue weighted by atomic mass is 10.2. The van der Waals surface area contributed by atoms with Gasteiger partial charge in [-0.05, 0) is 42.5 Å². The second kappa shape index (κ2) is 3.93.